The van der Waals surface area contributed by atoms with Crippen molar-refractivity contribution in [2.24, 2.45) is 26.1 Å². The van der Waals surface area contributed by atoms with Crippen molar-refractivity contribution in [1.82, 2.24) is 5.32 Å². The van der Waals surface area contributed by atoms with E-state index in [1.165, 1.54) is 6.08 Å². The maximum absolute atomic E-state index is 12.4. The Morgan fingerprint density at radius 1 is 0.786 bits per heavy atom. The lowest BCUT2D eigenvalue weighted by Crippen LogP contribution is -2.34. The number of nitriles is 1. The Labute approximate surface area is 327 Å². The van der Waals surface area contributed by atoms with Gasteiger partial charge in [0.15, 0.2) is 0 Å². The lowest BCUT2D eigenvalue weighted by Gasteiger charge is -2.26. The molecule has 0 aliphatic carbocycles. The van der Waals surface area contributed by atoms with Crippen LogP contribution in [0.15, 0.2) is 117 Å². The number of esters is 2. The van der Waals surface area contributed by atoms with E-state index in [2.05, 4.69) is 30.2 Å². The van der Waals surface area contributed by atoms with Crippen molar-refractivity contribution < 1.29 is 23.9 Å². The van der Waals surface area contributed by atoms with Crippen LogP contribution in [0.5, 0.6) is 0 Å². The molecule has 0 fully saturated rings. The summed E-state index contributed by atoms with van der Waals surface area (Å²) in [6.45, 7) is 26.5. The Bertz CT molecular complexity index is 2170. The molecule has 56 heavy (non-hydrogen) atoms. The highest BCUT2D eigenvalue weighted by molar-refractivity contribution is 6.04. The van der Waals surface area contributed by atoms with Gasteiger partial charge in [0.2, 0.25) is 11.6 Å². The molecule has 13 nitrogen and oxygen atoms in total. The second kappa shape index (κ2) is 18.7. The van der Waals surface area contributed by atoms with Crippen LogP contribution in [0.4, 0.5) is 22.7 Å². The fourth-order valence-corrected chi connectivity index (χ4v) is 4.83. The van der Waals surface area contributed by atoms with Crippen molar-refractivity contribution in [2.45, 2.75) is 41.5 Å². The first-order valence-corrected chi connectivity index (χ1v) is 17.6. The van der Waals surface area contributed by atoms with Crippen LogP contribution in [0.25, 0.3) is 15.8 Å². The lowest BCUT2D eigenvalue weighted by atomic mass is 9.97. The molecule has 1 N–H and O–H groups in total. The molecule has 3 aromatic carbocycles. The van der Waals surface area contributed by atoms with Crippen LogP contribution in [0.3, 0.4) is 0 Å². The van der Waals surface area contributed by atoms with Crippen molar-refractivity contribution in [3.8, 4) is 6.07 Å². The summed E-state index contributed by atoms with van der Waals surface area (Å²) in [6, 6.07) is 23.8. The first kappa shape index (κ1) is 41.6. The topological polar surface area (TPSA) is 155 Å². The molecule has 0 unspecified atom stereocenters. The molecular formula is C43H42N8O5. The fourth-order valence-electron chi connectivity index (χ4n) is 4.83. The highest BCUT2D eigenvalue weighted by atomic mass is 16.5. The van der Waals surface area contributed by atoms with Crippen molar-refractivity contribution in [2.75, 3.05) is 31.2 Å². The van der Waals surface area contributed by atoms with Crippen molar-refractivity contribution in [1.29, 1.82) is 5.26 Å². The Hall–Kier alpha value is -7.17. The molecule has 0 radical (unpaired) electrons. The van der Waals surface area contributed by atoms with Gasteiger partial charge in [-0.05, 0) is 101 Å². The Morgan fingerprint density at radius 2 is 1.29 bits per heavy atom. The quantitative estimate of drug-likeness (QED) is 0.0602. The van der Waals surface area contributed by atoms with Gasteiger partial charge in [0.25, 0.3) is 5.70 Å². The second-order valence-electron chi connectivity index (χ2n) is 14.5. The van der Waals surface area contributed by atoms with Crippen LogP contribution in [0.2, 0.25) is 0 Å². The van der Waals surface area contributed by atoms with Gasteiger partial charge in [-0.1, -0.05) is 36.4 Å². The maximum Gasteiger partial charge on any atom is 0.311 e. The fraction of sp³-hybridized carbons (Fsp3) is 0.279. The Kier molecular flexibility index (Phi) is 13.9. The summed E-state index contributed by atoms with van der Waals surface area (Å²) >= 11 is 0. The summed E-state index contributed by atoms with van der Waals surface area (Å²) in [4.78, 5) is 49.9. The number of nitrogens with one attached hydrogen (secondary N) is 1. The highest BCUT2D eigenvalue weighted by Crippen LogP contribution is 2.27. The summed E-state index contributed by atoms with van der Waals surface area (Å²) < 4.78 is 11.0. The third-order valence-electron chi connectivity index (χ3n) is 8.04. The summed E-state index contributed by atoms with van der Waals surface area (Å²) in [5.74, 6) is -1.12. The third kappa shape index (κ3) is 11.7. The van der Waals surface area contributed by atoms with E-state index in [4.69, 9.17) is 27.9 Å². The van der Waals surface area contributed by atoms with Crippen LogP contribution < -0.4 is 10.2 Å². The molecular weight excluding hydrogens is 709 g/mol. The molecule has 3 aromatic rings. The van der Waals surface area contributed by atoms with Crippen LogP contribution in [-0.2, 0) is 23.9 Å². The molecule has 1 heterocycles. The summed E-state index contributed by atoms with van der Waals surface area (Å²) in [7, 11) is 0. The number of aliphatic imine (C=N–C) groups is 1. The molecule has 0 saturated heterocycles. The van der Waals surface area contributed by atoms with E-state index >= 15 is 0 Å². The number of hydrogen-bond donors (Lipinski definition) is 1. The van der Waals surface area contributed by atoms with Crippen molar-refractivity contribution in [3.63, 3.8) is 0 Å². The molecule has 4 rings (SSSR count). The molecule has 1 amide bonds. The van der Waals surface area contributed by atoms with Gasteiger partial charge in [0, 0.05) is 17.5 Å². The number of benzene rings is 3. The zero-order valence-electron chi connectivity index (χ0n) is 32.2. The predicted molar refractivity (Wildman–Crippen MR) is 214 cm³/mol. The molecule has 284 valence electrons. The second-order valence-corrected chi connectivity index (χ2v) is 14.5. The van der Waals surface area contributed by atoms with Gasteiger partial charge in [-0.2, -0.15) is 10.2 Å². The third-order valence-corrected chi connectivity index (χ3v) is 8.04. The van der Waals surface area contributed by atoms with E-state index in [1.54, 1.807) is 59.9 Å². The van der Waals surface area contributed by atoms with Crippen LogP contribution in [0, 0.1) is 35.3 Å². The summed E-state index contributed by atoms with van der Waals surface area (Å²) in [5, 5.41) is 20.3. The highest BCUT2D eigenvalue weighted by Gasteiger charge is 2.29. The number of carbonyl (C=O) groups excluding carboxylic acids is 3. The predicted octanol–water partition coefficient (Wildman–Crippen LogP) is 8.81. The first-order valence-electron chi connectivity index (χ1n) is 17.6. The number of hydrogen-bond acceptors (Lipinski definition) is 10. The molecule has 1 aliphatic heterocycles. The average Bonchev–Trinajstić information content (AvgIpc) is 3.49. The molecule has 13 heteroatoms. The number of nitrogens with zero attached hydrogens (tertiary/aromatic N) is 7. The van der Waals surface area contributed by atoms with Gasteiger partial charge in [-0.3, -0.25) is 19.4 Å². The minimum Gasteiger partial charge on any atom is -0.463 e. The number of amides is 1. The zero-order chi connectivity index (χ0) is 40.9. The molecule has 0 aromatic heterocycles. The van der Waals surface area contributed by atoms with E-state index in [0.29, 0.717) is 30.2 Å². The van der Waals surface area contributed by atoms with E-state index in [-0.39, 0.29) is 47.8 Å². The van der Waals surface area contributed by atoms with Gasteiger partial charge in [-0.25, -0.2) is 15.0 Å². The van der Waals surface area contributed by atoms with E-state index in [0.717, 1.165) is 16.8 Å². The van der Waals surface area contributed by atoms with Crippen LogP contribution >= 0.6 is 0 Å². The van der Waals surface area contributed by atoms with Gasteiger partial charge in [-0.15, -0.1) is 0 Å². The molecule has 0 atom stereocenters. The molecule has 0 saturated carbocycles. The zero-order valence-corrected chi connectivity index (χ0v) is 32.2. The number of ether oxygens (including phenoxy) is 2. The molecule has 1 aliphatic rings. The van der Waals surface area contributed by atoms with Gasteiger partial charge >= 0.3 is 11.9 Å². The summed E-state index contributed by atoms with van der Waals surface area (Å²) in [6.07, 6.45) is 4.88. The SMILES string of the molecule is [C-]#[N+]C1=C(/C=C/c2ccc(N=Cc3ccc(N=Nc4ccc(N(CCOC(=O)C(C)(C)C)CCOC(=O)C(C)(C)C)cc4)cc3)cc2)C(=O)N/C1=C(\C#N)[N+]#[C-]. The number of anilines is 1. The lowest BCUT2D eigenvalue weighted by molar-refractivity contribution is -0.152. The monoisotopic (exact) mass is 750 g/mol. The van der Waals surface area contributed by atoms with Gasteiger partial charge < -0.3 is 19.7 Å². The maximum atomic E-state index is 12.4. The largest absolute Gasteiger partial charge is 0.463 e. The normalized spacial score (nSPS) is 14.0. The van der Waals surface area contributed by atoms with Crippen LogP contribution in [0.1, 0.15) is 52.7 Å². The Morgan fingerprint density at radius 3 is 1.77 bits per heavy atom. The average molecular weight is 751 g/mol. The van der Waals surface area contributed by atoms with Crippen molar-refractivity contribution in [3.05, 3.63) is 135 Å². The van der Waals surface area contributed by atoms with E-state index in [1.807, 2.05) is 77.7 Å². The van der Waals surface area contributed by atoms with E-state index in [9.17, 15) is 14.4 Å². The van der Waals surface area contributed by atoms with Crippen LogP contribution in [-0.4, -0.2) is 50.4 Å². The number of rotatable bonds is 13. The smallest absolute Gasteiger partial charge is 0.311 e. The van der Waals surface area contributed by atoms with Crippen molar-refractivity contribution >= 4 is 52.9 Å². The standard InChI is InChI=1S/C43H42N8O5/c1-42(2,3)40(53)55-25-23-51(24-26-56-41(54)43(4,5)6)34-20-18-33(19-21-34)50-49-32-16-11-30(12-17-32)28-47-31-14-9-29(10-15-31)13-22-35-37(46-8)38(48-39(35)52)36(27-44)45-7/h9-22,28H,23-26H2,1-6H3,(H,48,52)/b22-13+,38-36+,47-28?,50-49?. The first-order chi connectivity index (χ1) is 26.6. The molecule has 0 spiro atoms. The number of azo groups is 1. The number of carbonyl (C=O) groups is 3. The summed E-state index contributed by atoms with van der Waals surface area (Å²) in [5.41, 5.74) is 2.85. The van der Waals surface area contributed by atoms with Gasteiger partial charge in [0.1, 0.15) is 13.2 Å². The Balaban J connectivity index is 1.35. The number of allylic oxidation sites excluding steroid dienone is 1. The minimum atomic E-state index is -0.608. The van der Waals surface area contributed by atoms with Gasteiger partial charge in [0.05, 0.1) is 65.9 Å². The minimum absolute atomic E-state index is 0.0615. The van der Waals surface area contributed by atoms with E-state index < -0.39 is 16.7 Å². The molecule has 0 bridgehead atoms.